The summed E-state index contributed by atoms with van der Waals surface area (Å²) < 4.78 is 25.9. The largest absolute Gasteiger partial charge is 0.288 e. The Hall–Kier alpha value is -2.13. The number of benzene rings is 1. The van der Waals surface area contributed by atoms with Gasteiger partial charge in [-0.15, -0.1) is 0 Å². The molecule has 1 aromatic carbocycles. The number of hydrogen-bond acceptors (Lipinski definition) is 5. The molecule has 8 nitrogen and oxygen atoms in total. The van der Waals surface area contributed by atoms with E-state index >= 15 is 0 Å². The van der Waals surface area contributed by atoms with Crippen molar-refractivity contribution in [2.45, 2.75) is 5.03 Å². The number of nitro benzene ring substituents is 1. The highest BCUT2D eigenvalue weighted by Crippen LogP contribution is 2.28. The van der Waals surface area contributed by atoms with Crippen LogP contribution in [0.1, 0.15) is 0 Å². The number of nitrogens with zero attached hydrogens (tertiary/aromatic N) is 2. The van der Waals surface area contributed by atoms with Gasteiger partial charge in [0.15, 0.2) is 5.03 Å². The molecule has 0 fully saturated rings. The van der Waals surface area contributed by atoms with Crippen LogP contribution in [-0.2, 0) is 10.0 Å². The van der Waals surface area contributed by atoms with Crippen molar-refractivity contribution in [3.63, 3.8) is 0 Å². The van der Waals surface area contributed by atoms with Gasteiger partial charge in [-0.05, 0) is 18.2 Å². The standard InChI is InChI=1S/C9H7ClN4O4S/c10-7-5-6(1-2-8(7)14(15)16)13-19(17,18)9-3-4-11-12-9/h1-5,13H,(H,11,12). The normalized spacial score (nSPS) is 11.2. The van der Waals surface area contributed by atoms with E-state index in [0.29, 0.717) is 0 Å². The second kappa shape index (κ2) is 4.86. The molecule has 1 aromatic heterocycles. The Bertz CT molecular complexity index is 714. The quantitative estimate of drug-likeness (QED) is 0.659. The first-order chi connectivity index (χ1) is 8.90. The highest BCUT2D eigenvalue weighted by atomic mass is 35.5. The van der Waals surface area contributed by atoms with Crippen molar-refractivity contribution in [2.75, 3.05) is 4.72 Å². The van der Waals surface area contributed by atoms with Crippen LogP contribution in [0.4, 0.5) is 11.4 Å². The van der Waals surface area contributed by atoms with Crippen LogP contribution in [-0.4, -0.2) is 23.5 Å². The summed E-state index contributed by atoms with van der Waals surface area (Å²) in [5, 5.41) is 16.1. The number of halogens is 1. The van der Waals surface area contributed by atoms with Crippen LogP contribution < -0.4 is 4.72 Å². The van der Waals surface area contributed by atoms with Crippen molar-refractivity contribution in [1.82, 2.24) is 10.2 Å². The molecule has 0 atom stereocenters. The third-order valence-corrected chi connectivity index (χ3v) is 3.77. The maximum atomic E-state index is 11.8. The van der Waals surface area contributed by atoms with Gasteiger partial charge in [-0.1, -0.05) is 11.6 Å². The number of sulfonamides is 1. The first-order valence-electron chi connectivity index (χ1n) is 4.86. The molecule has 0 saturated carbocycles. The lowest BCUT2D eigenvalue weighted by Crippen LogP contribution is -2.13. The summed E-state index contributed by atoms with van der Waals surface area (Å²) in [6.07, 6.45) is 1.29. The Balaban J connectivity index is 2.30. The Morgan fingerprint density at radius 2 is 2.11 bits per heavy atom. The van der Waals surface area contributed by atoms with Crippen LogP contribution in [0.2, 0.25) is 5.02 Å². The first kappa shape index (κ1) is 13.3. The fourth-order valence-electron chi connectivity index (χ4n) is 1.32. The Labute approximate surface area is 112 Å². The molecule has 10 heteroatoms. The van der Waals surface area contributed by atoms with Gasteiger partial charge in [0.2, 0.25) is 0 Å². The van der Waals surface area contributed by atoms with Gasteiger partial charge >= 0.3 is 0 Å². The van der Waals surface area contributed by atoms with Crippen molar-refractivity contribution in [3.8, 4) is 0 Å². The van der Waals surface area contributed by atoms with Gasteiger partial charge < -0.3 is 0 Å². The topological polar surface area (TPSA) is 118 Å². The van der Waals surface area contributed by atoms with Crippen LogP contribution in [0, 0.1) is 10.1 Å². The summed E-state index contributed by atoms with van der Waals surface area (Å²) >= 11 is 5.68. The molecule has 19 heavy (non-hydrogen) atoms. The van der Waals surface area contributed by atoms with E-state index in [1.165, 1.54) is 18.3 Å². The number of anilines is 1. The Kier molecular flexibility index (Phi) is 3.40. The molecule has 0 saturated heterocycles. The van der Waals surface area contributed by atoms with Crippen molar-refractivity contribution in [3.05, 3.63) is 45.6 Å². The lowest BCUT2D eigenvalue weighted by atomic mass is 10.3. The van der Waals surface area contributed by atoms with Crippen LogP contribution in [0.25, 0.3) is 0 Å². The fourth-order valence-corrected chi connectivity index (χ4v) is 2.53. The predicted octanol–water partition coefficient (Wildman–Crippen LogP) is 1.77. The summed E-state index contributed by atoms with van der Waals surface area (Å²) in [6, 6.07) is 4.80. The molecule has 0 aliphatic carbocycles. The molecule has 0 aliphatic heterocycles. The molecule has 2 N–H and O–H groups in total. The smallest absolute Gasteiger partial charge is 0.278 e. The molecule has 2 rings (SSSR count). The van der Waals surface area contributed by atoms with Crippen LogP contribution >= 0.6 is 11.6 Å². The van der Waals surface area contributed by atoms with Crippen LogP contribution in [0.15, 0.2) is 35.5 Å². The summed E-state index contributed by atoms with van der Waals surface area (Å²) in [7, 11) is -3.82. The minimum absolute atomic E-state index is 0.116. The van der Waals surface area contributed by atoms with Gasteiger partial charge in [0.05, 0.1) is 16.8 Å². The zero-order valence-corrected chi connectivity index (χ0v) is 10.8. The molecule has 0 amide bonds. The van der Waals surface area contributed by atoms with Crippen molar-refractivity contribution < 1.29 is 13.3 Å². The molecular weight excluding hydrogens is 296 g/mol. The average Bonchev–Trinajstić information content (AvgIpc) is 2.81. The second-order valence-corrected chi connectivity index (χ2v) is 5.51. The molecule has 0 bridgehead atoms. The van der Waals surface area contributed by atoms with Crippen molar-refractivity contribution in [1.29, 1.82) is 0 Å². The highest BCUT2D eigenvalue weighted by Gasteiger charge is 2.18. The maximum Gasteiger partial charge on any atom is 0.288 e. The van der Waals surface area contributed by atoms with Crippen LogP contribution in [0.5, 0.6) is 0 Å². The summed E-state index contributed by atoms with van der Waals surface area (Å²) in [5.74, 6) is 0. The van der Waals surface area contributed by atoms with Gasteiger partial charge in [0.1, 0.15) is 5.02 Å². The van der Waals surface area contributed by atoms with Crippen LogP contribution in [0.3, 0.4) is 0 Å². The zero-order valence-electron chi connectivity index (χ0n) is 9.20. The molecule has 1 heterocycles. The molecule has 0 radical (unpaired) electrons. The number of H-pyrrole nitrogens is 1. The van der Waals surface area contributed by atoms with Gasteiger partial charge in [0.25, 0.3) is 15.7 Å². The maximum absolute atomic E-state index is 11.8. The minimum Gasteiger partial charge on any atom is -0.278 e. The number of aromatic amines is 1. The monoisotopic (exact) mass is 302 g/mol. The minimum atomic E-state index is -3.82. The molecule has 0 spiro atoms. The van der Waals surface area contributed by atoms with Gasteiger partial charge in [-0.3, -0.25) is 19.9 Å². The predicted molar refractivity (Wildman–Crippen MR) is 67.5 cm³/mol. The number of hydrogen-bond donors (Lipinski definition) is 2. The molecule has 100 valence electrons. The number of aromatic nitrogens is 2. The summed E-state index contributed by atoms with van der Waals surface area (Å²) in [5.41, 5.74) is -0.184. The van der Waals surface area contributed by atoms with E-state index < -0.39 is 14.9 Å². The Morgan fingerprint density at radius 1 is 1.37 bits per heavy atom. The Morgan fingerprint density at radius 3 is 2.63 bits per heavy atom. The van der Waals surface area contributed by atoms with E-state index in [2.05, 4.69) is 14.9 Å². The first-order valence-corrected chi connectivity index (χ1v) is 6.72. The number of nitrogens with one attached hydrogen (secondary N) is 2. The molecule has 2 aromatic rings. The lowest BCUT2D eigenvalue weighted by molar-refractivity contribution is -0.384. The second-order valence-electron chi connectivity index (χ2n) is 3.45. The third kappa shape index (κ3) is 2.83. The summed E-state index contributed by atoms with van der Waals surface area (Å²) in [6.45, 7) is 0. The van der Waals surface area contributed by atoms with Gasteiger partial charge in [0, 0.05) is 6.07 Å². The SMILES string of the molecule is O=[N+]([O-])c1ccc(NS(=O)(=O)c2ccn[nH]2)cc1Cl. The number of rotatable bonds is 4. The summed E-state index contributed by atoms with van der Waals surface area (Å²) in [4.78, 5) is 9.92. The van der Waals surface area contributed by atoms with E-state index in [-0.39, 0.29) is 21.4 Å². The van der Waals surface area contributed by atoms with E-state index in [0.717, 1.165) is 12.1 Å². The highest BCUT2D eigenvalue weighted by molar-refractivity contribution is 7.92. The zero-order chi connectivity index (χ0) is 14.0. The van der Waals surface area contributed by atoms with E-state index in [1.807, 2.05) is 0 Å². The van der Waals surface area contributed by atoms with E-state index in [4.69, 9.17) is 11.6 Å². The van der Waals surface area contributed by atoms with Gasteiger partial charge in [-0.2, -0.15) is 13.5 Å². The van der Waals surface area contributed by atoms with Crippen molar-refractivity contribution in [2.24, 2.45) is 0 Å². The number of nitro groups is 1. The van der Waals surface area contributed by atoms with Gasteiger partial charge in [-0.25, -0.2) is 0 Å². The van der Waals surface area contributed by atoms with E-state index in [1.54, 1.807) is 0 Å². The average molecular weight is 303 g/mol. The lowest BCUT2D eigenvalue weighted by Gasteiger charge is -2.06. The van der Waals surface area contributed by atoms with Crippen molar-refractivity contribution >= 4 is 33.0 Å². The van der Waals surface area contributed by atoms with E-state index in [9.17, 15) is 18.5 Å². The molecule has 0 unspecified atom stereocenters. The molecule has 0 aliphatic rings. The fraction of sp³-hybridized carbons (Fsp3) is 0. The molecular formula is C9H7ClN4O4S. The third-order valence-electron chi connectivity index (χ3n) is 2.16.